The molecule has 8 nitrogen and oxygen atoms in total. The molecular weight excluding hydrogens is 464 g/mol. The van der Waals surface area contributed by atoms with Crippen LogP contribution in [0.5, 0.6) is 0 Å². The standard InChI is InChI=1S/C26H30N4O4S/c31-25-17-23(26(32)27-11-15-29-14-10-19-6-2-3-7-20(19)18-29)22-16-21(8-9-24(22)28-25)35(33,34)30-12-4-1-5-13-30/h2-3,6-9,16-17H,1,4-5,10-15,18H2,(H,27,32)(H,28,31). The van der Waals surface area contributed by atoms with Gasteiger partial charge in [0.05, 0.1) is 10.5 Å². The lowest BCUT2D eigenvalue weighted by atomic mass is 10.00. The van der Waals surface area contributed by atoms with E-state index in [4.69, 9.17) is 0 Å². The summed E-state index contributed by atoms with van der Waals surface area (Å²) in [5, 5.41) is 3.34. The summed E-state index contributed by atoms with van der Waals surface area (Å²) >= 11 is 0. The fourth-order valence-electron chi connectivity index (χ4n) is 5.00. The summed E-state index contributed by atoms with van der Waals surface area (Å²) in [7, 11) is -3.66. The first-order valence-electron chi connectivity index (χ1n) is 12.2. The van der Waals surface area contributed by atoms with Crippen LogP contribution >= 0.6 is 0 Å². The second kappa shape index (κ2) is 9.93. The van der Waals surface area contributed by atoms with E-state index >= 15 is 0 Å². The molecule has 0 spiro atoms. The summed E-state index contributed by atoms with van der Waals surface area (Å²) in [6.45, 7) is 3.90. The number of amides is 1. The third-order valence-electron chi connectivity index (χ3n) is 6.94. The molecule has 0 radical (unpaired) electrons. The molecule has 35 heavy (non-hydrogen) atoms. The summed E-state index contributed by atoms with van der Waals surface area (Å²) in [4.78, 5) is 30.4. The van der Waals surface area contributed by atoms with Crippen LogP contribution in [-0.4, -0.2) is 61.2 Å². The zero-order valence-corrected chi connectivity index (χ0v) is 20.4. The molecule has 0 bridgehead atoms. The number of fused-ring (bicyclic) bond motifs is 2. The Morgan fingerprint density at radius 2 is 1.74 bits per heavy atom. The molecule has 2 aliphatic heterocycles. The van der Waals surface area contributed by atoms with Gasteiger partial charge in [0.25, 0.3) is 5.91 Å². The van der Waals surface area contributed by atoms with Gasteiger partial charge in [0.2, 0.25) is 15.6 Å². The minimum absolute atomic E-state index is 0.139. The Hall–Kier alpha value is -3.01. The minimum Gasteiger partial charge on any atom is -0.351 e. The maximum atomic E-state index is 13.2. The molecule has 0 aliphatic carbocycles. The summed E-state index contributed by atoms with van der Waals surface area (Å²) in [6, 6.07) is 14.2. The number of pyridine rings is 1. The SMILES string of the molecule is O=C(NCCN1CCc2ccccc2C1)c1cc(=O)[nH]c2ccc(S(=O)(=O)N3CCCCC3)cc12. The van der Waals surface area contributed by atoms with Crippen molar-refractivity contribution in [3.05, 3.63) is 75.6 Å². The first kappa shape index (κ1) is 23.7. The van der Waals surface area contributed by atoms with E-state index in [1.54, 1.807) is 6.07 Å². The van der Waals surface area contributed by atoms with Crippen LogP contribution in [-0.2, 0) is 23.0 Å². The normalized spacial score (nSPS) is 17.3. The van der Waals surface area contributed by atoms with Crippen LogP contribution in [0.1, 0.15) is 40.7 Å². The average Bonchev–Trinajstić information content (AvgIpc) is 2.88. The molecule has 3 heterocycles. The highest BCUT2D eigenvalue weighted by Gasteiger charge is 2.27. The van der Waals surface area contributed by atoms with Crippen LogP contribution < -0.4 is 10.9 Å². The van der Waals surface area contributed by atoms with E-state index in [9.17, 15) is 18.0 Å². The molecule has 1 aromatic heterocycles. The number of H-pyrrole nitrogens is 1. The van der Waals surface area contributed by atoms with E-state index in [-0.39, 0.29) is 16.4 Å². The van der Waals surface area contributed by atoms with Crippen molar-refractivity contribution in [3.8, 4) is 0 Å². The summed E-state index contributed by atoms with van der Waals surface area (Å²) in [5.74, 6) is -0.383. The van der Waals surface area contributed by atoms with E-state index in [1.807, 2.05) is 6.07 Å². The monoisotopic (exact) mass is 494 g/mol. The number of rotatable bonds is 6. The predicted octanol–water partition coefficient (Wildman–Crippen LogP) is 2.49. The molecule has 0 atom stereocenters. The van der Waals surface area contributed by atoms with Crippen molar-refractivity contribution >= 4 is 26.8 Å². The lowest BCUT2D eigenvalue weighted by Gasteiger charge is -2.28. The Kier molecular flexibility index (Phi) is 6.73. The second-order valence-electron chi connectivity index (χ2n) is 9.27. The maximum absolute atomic E-state index is 13.2. The van der Waals surface area contributed by atoms with Crippen molar-refractivity contribution in [2.24, 2.45) is 0 Å². The van der Waals surface area contributed by atoms with E-state index in [0.29, 0.717) is 37.1 Å². The van der Waals surface area contributed by atoms with Crippen LogP contribution in [0.15, 0.2) is 58.2 Å². The van der Waals surface area contributed by atoms with Gasteiger partial charge in [0.1, 0.15) is 0 Å². The molecule has 2 aromatic carbocycles. The fraction of sp³-hybridized carbons (Fsp3) is 0.385. The largest absolute Gasteiger partial charge is 0.351 e. The van der Waals surface area contributed by atoms with Crippen LogP contribution in [0.25, 0.3) is 10.9 Å². The molecule has 1 amide bonds. The van der Waals surface area contributed by atoms with Gasteiger partial charge in [-0.05, 0) is 48.6 Å². The van der Waals surface area contributed by atoms with Gasteiger partial charge in [0, 0.05) is 56.2 Å². The number of aromatic amines is 1. The molecule has 0 unspecified atom stereocenters. The zero-order chi connectivity index (χ0) is 24.4. The Labute approximate surface area is 205 Å². The number of hydrogen-bond acceptors (Lipinski definition) is 5. The number of carbonyl (C=O) groups excluding carboxylic acids is 1. The highest BCUT2D eigenvalue weighted by molar-refractivity contribution is 7.89. The van der Waals surface area contributed by atoms with Gasteiger partial charge >= 0.3 is 0 Å². The van der Waals surface area contributed by atoms with Gasteiger partial charge in [-0.2, -0.15) is 4.31 Å². The molecule has 3 aromatic rings. The first-order chi connectivity index (χ1) is 16.9. The fourth-order valence-corrected chi connectivity index (χ4v) is 6.55. The molecule has 1 fully saturated rings. The number of piperidine rings is 1. The van der Waals surface area contributed by atoms with Gasteiger partial charge in [-0.1, -0.05) is 30.7 Å². The highest BCUT2D eigenvalue weighted by atomic mass is 32.2. The maximum Gasteiger partial charge on any atom is 0.252 e. The van der Waals surface area contributed by atoms with Crippen LogP contribution in [0, 0.1) is 0 Å². The smallest absolute Gasteiger partial charge is 0.252 e. The van der Waals surface area contributed by atoms with Crippen LogP contribution in [0.4, 0.5) is 0 Å². The van der Waals surface area contributed by atoms with Crippen molar-refractivity contribution in [1.29, 1.82) is 0 Å². The summed E-state index contributed by atoms with van der Waals surface area (Å²) in [5.41, 5.74) is 2.91. The van der Waals surface area contributed by atoms with E-state index < -0.39 is 15.6 Å². The number of nitrogens with zero attached hydrogens (tertiary/aromatic N) is 2. The second-order valence-corrected chi connectivity index (χ2v) is 11.2. The minimum atomic E-state index is -3.66. The predicted molar refractivity (Wildman–Crippen MR) is 135 cm³/mol. The van der Waals surface area contributed by atoms with Crippen molar-refractivity contribution < 1.29 is 13.2 Å². The van der Waals surface area contributed by atoms with Crippen molar-refractivity contribution in [3.63, 3.8) is 0 Å². The topological polar surface area (TPSA) is 103 Å². The highest BCUT2D eigenvalue weighted by Crippen LogP contribution is 2.25. The van der Waals surface area contributed by atoms with Crippen molar-refractivity contribution in [1.82, 2.24) is 19.5 Å². The molecule has 0 saturated carbocycles. The zero-order valence-electron chi connectivity index (χ0n) is 19.6. The molecule has 184 valence electrons. The van der Waals surface area contributed by atoms with Gasteiger partial charge in [-0.25, -0.2) is 8.42 Å². The number of aromatic nitrogens is 1. The van der Waals surface area contributed by atoms with Crippen molar-refractivity contribution in [2.75, 3.05) is 32.7 Å². The van der Waals surface area contributed by atoms with E-state index in [0.717, 1.165) is 38.8 Å². The molecular formula is C26H30N4O4S. The molecule has 2 N–H and O–H groups in total. The van der Waals surface area contributed by atoms with Crippen molar-refractivity contribution in [2.45, 2.75) is 37.1 Å². The van der Waals surface area contributed by atoms with Gasteiger partial charge in [0.15, 0.2) is 0 Å². The number of carbonyl (C=O) groups is 1. The lowest BCUT2D eigenvalue weighted by molar-refractivity contribution is 0.0948. The quantitative estimate of drug-likeness (QED) is 0.548. The summed E-state index contributed by atoms with van der Waals surface area (Å²) < 4.78 is 27.8. The Morgan fingerprint density at radius 3 is 2.54 bits per heavy atom. The Morgan fingerprint density at radius 1 is 0.971 bits per heavy atom. The first-order valence-corrected chi connectivity index (χ1v) is 13.6. The Bertz CT molecular complexity index is 1410. The average molecular weight is 495 g/mol. The molecule has 9 heteroatoms. The van der Waals surface area contributed by atoms with Gasteiger partial charge < -0.3 is 10.3 Å². The molecule has 2 aliphatic rings. The van der Waals surface area contributed by atoms with Crippen LogP contribution in [0.2, 0.25) is 0 Å². The number of nitrogens with one attached hydrogen (secondary N) is 2. The number of hydrogen-bond donors (Lipinski definition) is 2. The lowest BCUT2D eigenvalue weighted by Crippen LogP contribution is -2.38. The number of benzene rings is 2. The third-order valence-corrected chi connectivity index (χ3v) is 8.83. The summed E-state index contributed by atoms with van der Waals surface area (Å²) in [6.07, 6.45) is 3.70. The van der Waals surface area contributed by atoms with E-state index in [1.165, 1.54) is 33.6 Å². The van der Waals surface area contributed by atoms with Gasteiger partial charge in [-0.15, -0.1) is 0 Å². The number of sulfonamides is 1. The third kappa shape index (κ3) is 5.03. The molecule has 1 saturated heterocycles. The van der Waals surface area contributed by atoms with E-state index in [2.05, 4.69) is 33.4 Å². The molecule has 5 rings (SSSR count). The van der Waals surface area contributed by atoms with Crippen LogP contribution in [0.3, 0.4) is 0 Å². The Balaban J connectivity index is 1.33. The van der Waals surface area contributed by atoms with Gasteiger partial charge in [-0.3, -0.25) is 14.5 Å².